The highest BCUT2D eigenvalue weighted by Gasteiger charge is 2.34. The first-order chi connectivity index (χ1) is 14.9. The summed E-state index contributed by atoms with van der Waals surface area (Å²) in [6.07, 6.45) is -3.18. The molecule has 0 saturated carbocycles. The van der Waals surface area contributed by atoms with Gasteiger partial charge in [-0.1, -0.05) is 19.9 Å². The number of carbonyl (C=O) groups excluding carboxylic acids is 1. The number of hydrogen-bond acceptors (Lipinski definition) is 7. The van der Waals surface area contributed by atoms with E-state index in [4.69, 9.17) is 4.74 Å². The zero-order chi connectivity index (χ0) is 23.7. The maximum absolute atomic E-state index is 12.9. The summed E-state index contributed by atoms with van der Waals surface area (Å²) in [4.78, 5) is 28.5. The summed E-state index contributed by atoms with van der Waals surface area (Å²) in [6.45, 7) is 2.71. The van der Waals surface area contributed by atoms with Gasteiger partial charge in [0.15, 0.2) is 4.96 Å². The van der Waals surface area contributed by atoms with E-state index in [1.54, 1.807) is 25.4 Å². The highest BCUT2D eigenvalue weighted by Crippen LogP contribution is 2.30. The van der Waals surface area contributed by atoms with Crippen LogP contribution in [0, 0.1) is 5.92 Å². The summed E-state index contributed by atoms with van der Waals surface area (Å²) in [5, 5.41) is 1.66. The predicted octanol–water partition coefficient (Wildman–Crippen LogP) is 2.82. The second-order valence-corrected chi connectivity index (χ2v) is 9.70. The molecule has 172 valence electrons. The van der Waals surface area contributed by atoms with Crippen LogP contribution < -0.4 is 10.3 Å². The molecule has 3 rings (SSSR count). The van der Waals surface area contributed by atoms with Crippen LogP contribution in [0.5, 0.6) is 0 Å². The van der Waals surface area contributed by atoms with Crippen molar-refractivity contribution >= 4 is 32.3 Å². The van der Waals surface area contributed by atoms with Gasteiger partial charge in [-0.2, -0.15) is 17.9 Å². The van der Waals surface area contributed by atoms with E-state index in [0.717, 1.165) is 18.2 Å². The van der Waals surface area contributed by atoms with E-state index in [1.807, 2.05) is 0 Å². The van der Waals surface area contributed by atoms with Crippen molar-refractivity contribution in [3.8, 4) is 0 Å². The standard InChI is InChI=1S/C19H18F3N3O5S2/c1-11(2)16(24-32(28,29)14-5-3-4-12(8-14)19(20,21)22)17(27)30-10-13-9-15(26)25-6-7-31-18(25)23-13/h3-9,11,16,24H,10H2,1-2H3/t16-/m0/s1. The van der Waals surface area contributed by atoms with E-state index >= 15 is 0 Å². The Morgan fingerprint density at radius 1 is 1.28 bits per heavy atom. The van der Waals surface area contributed by atoms with E-state index in [2.05, 4.69) is 9.71 Å². The number of halogens is 3. The van der Waals surface area contributed by atoms with Crippen molar-refractivity contribution in [3.63, 3.8) is 0 Å². The van der Waals surface area contributed by atoms with Gasteiger partial charge in [0.05, 0.1) is 16.2 Å². The molecule has 2 heterocycles. The first-order valence-electron chi connectivity index (χ1n) is 9.20. The smallest absolute Gasteiger partial charge is 0.416 e. The number of rotatable bonds is 7. The van der Waals surface area contributed by atoms with E-state index in [1.165, 1.54) is 21.8 Å². The number of thiazole rings is 1. The Labute approximate surface area is 184 Å². The number of esters is 1. The number of ether oxygens (including phenoxy) is 1. The lowest BCUT2D eigenvalue weighted by Gasteiger charge is -2.21. The Kier molecular flexibility index (Phi) is 6.72. The molecule has 0 unspecified atom stereocenters. The topological polar surface area (TPSA) is 107 Å². The minimum Gasteiger partial charge on any atom is -0.458 e. The molecule has 2 aromatic heterocycles. The monoisotopic (exact) mass is 489 g/mol. The van der Waals surface area contributed by atoms with Gasteiger partial charge < -0.3 is 4.74 Å². The Morgan fingerprint density at radius 2 is 2.00 bits per heavy atom. The maximum atomic E-state index is 12.9. The van der Waals surface area contributed by atoms with E-state index < -0.39 is 44.6 Å². The van der Waals surface area contributed by atoms with Gasteiger partial charge in [0.2, 0.25) is 10.0 Å². The molecule has 1 aromatic carbocycles. The average Bonchev–Trinajstić information content (AvgIpc) is 3.19. The van der Waals surface area contributed by atoms with Gasteiger partial charge in [-0.15, -0.1) is 11.3 Å². The van der Waals surface area contributed by atoms with Crippen LogP contribution in [0.2, 0.25) is 0 Å². The fourth-order valence-electron chi connectivity index (χ4n) is 2.73. The van der Waals surface area contributed by atoms with E-state index in [0.29, 0.717) is 11.0 Å². The minimum atomic E-state index is -4.72. The van der Waals surface area contributed by atoms with Crippen LogP contribution in [0.4, 0.5) is 13.2 Å². The van der Waals surface area contributed by atoms with Crippen molar-refractivity contribution < 1.29 is 31.1 Å². The SMILES string of the molecule is CC(C)[C@H](NS(=O)(=O)c1cccc(C(F)(F)F)c1)C(=O)OCc1cc(=O)n2ccsc2n1. The Balaban J connectivity index is 1.77. The Bertz CT molecular complexity index is 1300. The fourth-order valence-corrected chi connectivity index (χ4v) is 4.85. The van der Waals surface area contributed by atoms with Crippen molar-refractivity contribution in [2.24, 2.45) is 5.92 Å². The molecular weight excluding hydrogens is 471 g/mol. The lowest BCUT2D eigenvalue weighted by Crippen LogP contribution is -2.45. The number of benzene rings is 1. The van der Waals surface area contributed by atoms with Crippen molar-refractivity contribution in [3.05, 3.63) is 63.5 Å². The molecule has 1 atom stereocenters. The number of sulfonamides is 1. The van der Waals surface area contributed by atoms with Gasteiger partial charge in [-0.05, 0) is 24.1 Å². The van der Waals surface area contributed by atoms with Crippen molar-refractivity contribution in [1.82, 2.24) is 14.1 Å². The maximum Gasteiger partial charge on any atom is 0.416 e. The number of fused-ring (bicyclic) bond motifs is 1. The quantitative estimate of drug-likeness (QED) is 0.512. The molecular formula is C19H18F3N3O5S2. The number of nitrogens with zero attached hydrogens (tertiary/aromatic N) is 2. The molecule has 0 aliphatic heterocycles. The summed E-state index contributed by atoms with van der Waals surface area (Å²) in [6, 6.07) is 3.00. The molecule has 3 aromatic rings. The lowest BCUT2D eigenvalue weighted by atomic mass is 10.1. The molecule has 0 fully saturated rings. The number of hydrogen-bond donors (Lipinski definition) is 1. The second-order valence-electron chi connectivity index (χ2n) is 7.12. The zero-order valence-electron chi connectivity index (χ0n) is 16.8. The minimum absolute atomic E-state index is 0.175. The number of carbonyl (C=O) groups is 1. The molecule has 0 aliphatic rings. The molecule has 32 heavy (non-hydrogen) atoms. The Hall–Kier alpha value is -2.77. The highest BCUT2D eigenvalue weighted by atomic mass is 32.2. The van der Waals surface area contributed by atoms with Crippen molar-refractivity contribution in [1.29, 1.82) is 0 Å². The van der Waals surface area contributed by atoms with Crippen LogP contribution >= 0.6 is 11.3 Å². The van der Waals surface area contributed by atoms with Gasteiger partial charge in [0.1, 0.15) is 12.6 Å². The first kappa shape index (κ1) is 23.9. The molecule has 0 spiro atoms. The van der Waals surface area contributed by atoms with Crippen molar-refractivity contribution in [2.75, 3.05) is 0 Å². The van der Waals surface area contributed by atoms with Crippen molar-refractivity contribution in [2.45, 2.75) is 37.6 Å². The molecule has 0 aliphatic carbocycles. The summed E-state index contributed by atoms with van der Waals surface area (Å²) < 4.78 is 72.6. The number of aromatic nitrogens is 2. The lowest BCUT2D eigenvalue weighted by molar-refractivity contribution is -0.148. The molecule has 0 radical (unpaired) electrons. The summed E-state index contributed by atoms with van der Waals surface area (Å²) >= 11 is 1.21. The summed E-state index contributed by atoms with van der Waals surface area (Å²) in [7, 11) is -4.46. The zero-order valence-corrected chi connectivity index (χ0v) is 18.4. The van der Waals surface area contributed by atoms with Crippen LogP contribution in [0.25, 0.3) is 4.96 Å². The largest absolute Gasteiger partial charge is 0.458 e. The predicted molar refractivity (Wildman–Crippen MR) is 110 cm³/mol. The van der Waals surface area contributed by atoms with Crippen LogP contribution in [0.3, 0.4) is 0 Å². The summed E-state index contributed by atoms with van der Waals surface area (Å²) in [5.41, 5.74) is -1.33. The van der Waals surface area contributed by atoms with Gasteiger partial charge in [-0.25, -0.2) is 13.4 Å². The molecule has 0 bridgehead atoms. The van der Waals surface area contributed by atoms with Gasteiger partial charge >= 0.3 is 12.1 Å². The highest BCUT2D eigenvalue weighted by molar-refractivity contribution is 7.89. The first-order valence-corrected chi connectivity index (χ1v) is 11.6. The fraction of sp³-hybridized carbons (Fsp3) is 0.316. The second kappa shape index (κ2) is 9.00. The Morgan fingerprint density at radius 3 is 2.66 bits per heavy atom. The van der Waals surface area contributed by atoms with Gasteiger partial charge in [0, 0.05) is 17.6 Å². The average molecular weight is 489 g/mol. The number of alkyl halides is 3. The van der Waals surface area contributed by atoms with Gasteiger partial charge in [-0.3, -0.25) is 14.0 Å². The molecule has 0 amide bonds. The third-order valence-corrected chi connectivity index (χ3v) is 6.59. The van der Waals surface area contributed by atoms with Crippen LogP contribution in [-0.4, -0.2) is 29.8 Å². The normalized spacial score (nSPS) is 13.4. The third-order valence-electron chi connectivity index (χ3n) is 4.39. The molecule has 13 heteroatoms. The van der Waals surface area contributed by atoms with Crippen LogP contribution in [0.1, 0.15) is 25.1 Å². The van der Waals surface area contributed by atoms with E-state index in [9.17, 15) is 31.2 Å². The van der Waals surface area contributed by atoms with Crippen LogP contribution in [-0.2, 0) is 32.3 Å². The summed E-state index contributed by atoms with van der Waals surface area (Å²) in [5.74, 6) is -1.54. The molecule has 0 saturated heterocycles. The van der Waals surface area contributed by atoms with Crippen LogP contribution in [0.15, 0.2) is 51.6 Å². The molecule has 8 nitrogen and oxygen atoms in total. The molecule has 1 N–H and O–H groups in total. The number of nitrogens with one attached hydrogen (secondary N) is 1. The van der Waals surface area contributed by atoms with Gasteiger partial charge in [0.25, 0.3) is 5.56 Å². The van der Waals surface area contributed by atoms with E-state index in [-0.39, 0.29) is 17.9 Å². The third kappa shape index (κ3) is 5.34.